The molecule has 0 atom stereocenters. The highest BCUT2D eigenvalue weighted by atomic mass is 79.9. The fourth-order valence-electron chi connectivity index (χ4n) is 3.74. The van der Waals surface area contributed by atoms with Crippen LogP contribution in [0.4, 0.5) is 0 Å². The van der Waals surface area contributed by atoms with Crippen LogP contribution in [0.3, 0.4) is 0 Å². The summed E-state index contributed by atoms with van der Waals surface area (Å²) in [6.45, 7) is 0. The highest BCUT2D eigenvalue weighted by Crippen LogP contribution is 2.32. The molecule has 0 saturated heterocycles. The quantitative estimate of drug-likeness (QED) is 0.261. The molecule has 1 heterocycles. The number of hydrogen-bond acceptors (Lipinski definition) is 1. The minimum atomic E-state index is 0.963. The van der Waals surface area contributed by atoms with E-state index in [1.54, 1.807) is 0 Å². The highest BCUT2D eigenvalue weighted by Gasteiger charge is 2.09. The molecular formula is C29H20BrN. The topological polar surface area (TPSA) is 12.9 Å². The zero-order valence-electron chi connectivity index (χ0n) is 16.9. The van der Waals surface area contributed by atoms with Crippen LogP contribution in [-0.2, 0) is 0 Å². The van der Waals surface area contributed by atoms with Crippen LogP contribution < -0.4 is 0 Å². The summed E-state index contributed by atoms with van der Waals surface area (Å²) < 4.78 is 1.05. The van der Waals surface area contributed by atoms with Crippen molar-refractivity contribution in [1.29, 1.82) is 0 Å². The van der Waals surface area contributed by atoms with E-state index in [1.807, 2.05) is 24.3 Å². The van der Waals surface area contributed by atoms with Gasteiger partial charge in [0, 0.05) is 15.6 Å². The number of pyridine rings is 1. The zero-order valence-corrected chi connectivity index (χ0v) is 18.5. The summed E-state index contributed by atoms with van der Waals surface area (Å²) in [5.74, 6) is 0. The average molecular weight is 462 g/mol. The second kappa shape index (κ2) is 8.71. The van der Waals surface area contributed by atoms with Gasteiger partial charge in [0.2, 0.25) is 0 Å². The van der Waals surface area contributed by atoms with Gasteiger partial charge in [0.1, 0.15) is 0 Å². The van der Waals surface area contributed by atoms with Crippen molar-refractivity contribution >= 4 is 15.9 Å². The molecule has 5 rings (SSSR count). The Kier molecular flexibility index (Phi) is 5.47. The van der Waals surface area contributed by atoms with Crippen molar-refractivity contribution in [3.8, 4) is 44.8 Å². The number of nitrogens with zero attached hydrogens (tertiary/aromatic N) is 1. The van der Waals surface area contributed by atoms with Gasteiger partial charge in [-0.2, -0.15) is 0 Å². The maximum Gasteiger partial charge on any atom is 0.0716 e. The molecule has 0 spiro atoms. The van der Waals surface area contributed by atoms with Crippen molar-refractivity contribution in [2.75, 3.05) is 0 Å². The van der Waals surface area contributed by atoms with E-state index in [9.17, 15) is 0 Å². The molecule has 31 heavy (non-hydrogen) atoms. The predicted molar refractivity (Wildman–Crippen MR) is 134 cm³/mol. The maximum absolute atomic E-state index is 5.02. The van der Waals surface area contributed by atoms with Crippen molar-refractivity contribution < 1.29 is 0 Å². The van der Waals surface area contributed by atoms with Gasteiger partial charge in [0.15, 0.2) is 0 Å². The molecule has 0 aliphatic rings. The Morgan fingerprint density at radius 1 is 0.387 bits per heavy atom. The fraction of sp³-hybridized carbons (Fsp3) is 0. The van der Waals surface area contributed by atoms with Crippen LogP contribution in [0.15, 0.2) is 126 Å². The lowest BCUT2D eigenvalue weighted by Crippen LogP contribution is -1.91. The summed E-state index contributed by atoms with van der Waals surface area (Å²) in [4.78, 5) is 5.02. The Bertz CT molecular complexity index is 1310. The normalized spacial score (nSPS) is 10.7. The molecule has 148 valence electrons. The molecule has 0 bridgehead atoms. The molecular weight excluding hydrogens is 442 g/mol. The molecule has 1 nitrogen and oxygen atoms in total. The standard InChI is InChI=1S/C29H20BrN/c30-27-13-7-12-25(18-27)29-20-26(22-10-5-2-6-11-22)19-28(31-29)24-16-14-23(15-17-24)21-8-3-1-4-9-21/h1-20H. The SMILES string of the molecule is Brc1cccc(-c2cc(-c3ccccc3)cc(-c3ccc(-c4ccccc4)cc3)n2)c1. The summed E-state index contributed by atoms with van der Waals surface area (Å²) in [7, 11) is 0. The van der Waals surface area contributed by atoms with Crippen LogP contribution in [0.5, 0.6) is 0 Å². The second-order valence-corrected chi connectivity index (χ2v) is 8.36. The van der Waals surface area contributed by atoms with E-state index in [2.05, 4.69) is 113 Å². The number of halogens is 1. The smallest absolute Gasteiger partial charge is 0.0716 e. The van der Waals surface area contributed by atoms with Gasteiger partial charge >= 0.3 is 0 Å². The van der Waals surface area contributed by atoms with Crippen molar-refractivity contribution in [2.24, 2.45) is 0 Å². The zero-order chi connectivity index (χ0) is 21.0. The average Bonchev–Trinajstić information content (AvgIpc) is 2.85. The maximum atomic E-state index is 5.02. The largest absolute Gasteiger partial charge is 0.248 e. The number of hydrogen-bond donors (Lipinski definition) is 0. The highest BCUT2D eigenvalue weighted by molar-refractivity contribution is 9.10. The Balaban J connectivity index is 1.61. The van der Waals surface area contributed by atoms with E-state index in [0.717, 1.165) is 32.6 Å². The van der Waals surface area contributed by atoms with E-state index < -0.39 is 0 Å². The summed E-state index contributed by atoms with van der Waals surface area (Å²) in [5.41, 5.74) is 8.89. The van der Waals surface area contributed by atoms with E-state index >= 15 is 0 Å². The van der Waals surface area contributed by atoms with Crippen molar-refractivity contribution in [3.63, 3.8) is 0 Å². The third kappa shape index (κ3) is 4.35. The van der Waals surface area contributed by atoms with Crippen LogP contribution in [0, 0.1) is 0 Å². The van der Waals surface area contributed by atoms with Gasteiger partial charge in [-0.3, -0.25) is 0 Å². The Hall–Kier alpha value is -3.49. The van der Waals surface area contributed by atoms with Crippen LogP contribution >= 0.6 is 15.9 Å². The first-order chi connectivity index (χ1) is 15.3. The molecule has 2 heteroatoms. The molecule has 1 aromatic heterocycles. The fourth-order valence-corrected chi connectivity index (χ4v) is 4.13. The Labute approximate surface area is 191 Å². The molecule has 5 aromatic rings. The Morgan fingerprint density at radius 3 is 1.48 bits per heavy atom. The first-order valence-electron chi connectivity index (χ1n) is 10.3. The van der Waals surface area contributed by atoms with Gasteiger partial charge in [-0.05, 0) is 46.5 Å². The first-order valence-corrected chi connectivity index (χ1v) is 11.0. The van der Waals surface area contributed by atoms with E-state index in [1.165, 1.54) is 16.7 Å². The molecule has 0 saturated carbocycles. The number of aromatic nitrogens is 1. The predicted octanol–water partition coefficient (Wildman–Crippen LogP) is 8.51. The first kappa shape index (κ1) is 19.5. The van der Waals surface area contributed by atoms with Crippen LogP contribution in [0.25, 0.3) is 44.8 Å². The van der Waals surface area contributed by atoms with Gasteiger partial charge < -0.3 is 0 Å². The third-order valence-corrected chi connectivity index (χ3v) is 5.83. The number of rotatable bonds is 4. The van der Waals surface area contributed by atoms with Gasteiger partial charge in [-0.1, -0.05) is 113 Å². The Morgan fingerprint density at radius 2 is 0.871 bits per heavy atom. The van der Waals surface area contributed by atoms with Crippen molar-refractivity contribution in [1.82, 2.24) is 4.98 Å². The van der Waals surface area contributed by atoms with Gasteiger partial charge in [0.05, 0.1) is 11.4 Å². The minimum Gasteiger partial charge on any atom is -0.248 e. The summed E-state index contributed by atoms with van der Waals surface area (Å²) in [5, 5.41) is 0. The lowest BCUT2D eigenvalue weighted by molar-refractivity contribution is 1.32. The van der Waals surface area contributed by atoms with Gasteiger partial charge in [-0.15, -0.1) is 0 Å². The molecule has 0 N–H and O–H groups in total. The van der Waals surface area contributed by atoms with Gasteiger partial charge in [-0.25, -0.2) is 4.98 Å². The molecule has 0 aliphatic carbocycles. The third-order valence-electron chi connectivity index (χ3n) is 5.34. The van der Waals surface area contributed by atoms with Crippen LogP contribution in [-0.4, -0.2) is 4.98 Å². The monoisotopic (exact) mass is 461 g/mol. The van der Waals surface area contributed by atoms with Crippen LogP contribution in [0.1, 0.15) is 0 Å². The lowest BCUT2D eigenvalue weighted by Gasteiger charge is -2.11. The van der Waals surface area contributed by atoms with E-state index in [-0.39, 0.29) is 0 Å². The van der Waals surface area contributed by atoms with E-state index in [4.69, 9.17) is 4.98 Å². The molecule has 0 aliphatic heterocycles. The van der Waals surface area contributed by atoms with Crippen molar-refractivity contribution in [2.45, 2.75) is 0 Å². The van der Waals surface area contributed by atoms with Crippen LogP contribution in [0.2, 0.25) is 0 Å². The second-order valence-electron chi connectivity index (χ2n) is 7.45. The van der Waals surface area contributed by atoms with Gasteiger partial charge in [0.25, 0.3) is 0 Å². The molecule has 0 unspecified atom stereocenters. The minimum absolute atomic E-state index is 0.963. The summed E-state index contributed by atoms with van der Waals surface area (Å²) in [6.07, 6.45) is 0. The lowest BCUT2D eigenvalue weighted by atomic mass is 9.98. The summed E-state index contributed by atoms with van der Waals surface area (Å²) in [6, 6.07) is 42.2. The molecule has 0 amide bonds. The van der Waals surface area contributed by atoms with Crippen molar-refractivity contribution in [3.05, 3.63) is 126 Å². The summed E-state index contributed by atoms with van der Waals surface area (Å²) >= 11 is 3.59. The van der Waals surface area contributed by atoms with E-state index in [0.29, 0.717) is 0 Å². The molecule has 0 radical (unpaired) electrons. The molecule has 4 aromatic carbocycles. The number of benzene rings is 4. The molecule has 0 fully saturated rings.